The van der Waals surface area contributed by atoms with E-state index in [0.29, 0.717) is 0 Å². The van der Waals surface area contributed by atoms with Crippen LogP contribution in [0.25, 0.3) is 0 Å². The van der Waals surface area contributed by atoms with Crippen LogP contribution >= 0.6 is 11.3 Å². The van der Waals surface area contributed by atoms with E-state index in [4.69, 9.17) is 0 Å². The minimum atomic E-state index is -0.227. The molecule has 1 aromatic heterocycles. The van der Waals surface area contributed by atoms with Crippen LogP contribution in [0.5, 0.6) is 0 Å². The van der Waals surface area contributed by atoms with Crippen molar-refractivity contribution in [2.45, 2.75) is 63.2 Å². The highest BCUT2D eigenvalue weighted by atomic mass is 32.1. The second-order valence-electron chi connectivity index (χ2n) is 6.38. The Labute approximate surface area is 131 Å². The third-order valence-electron chi connectivity index (χ3n) is 5.00. The van der Waals surface area contributed by atoms with Crippen LogP contribution < -0.4 is 5.32 Å². The summed E-state index contributed by atoms with van der Waals surface area (Å²) >= 11 is 1.74. The smallest absolute Gasteiger partial charge is 0.231 e. The van der Waals surface area contributed by atoms with Gasteiger partial charge in [-0.2, -0.15) is 0 Å². The molecule has 1 heterocycles. The Morgan fingerprint density at radius 3 is 2.76 bits per heavy atom. The predicted molar refractivity (Wildman–Crippen MR) is 88.6 cm³/mol. The van der Waals surface area contributed by atoms with Gasteiger partial charge in [0.1, 0.15) is 0 Å². The highest BCUT2D eigenvalue weighted by Crippen LogP contribution is 2.43. The minimum Gasteiger partial charge on any atom is -0.355 e. The fourth-order valence-electron chi connectivity index (χ4n) is 3.75. The molecule has 0 unspecified atom stereocenters. The van der Waals surface area contributed by atoms with Gasteiger partial charge in [0.2, 0.25) is 5.91 Å². The Hall–Kier alpha value is -1.09. The lowest BCUT2D eigenvalue weighted by Gasteiger charge is -2.26. The summed E-state index contributed by atoms with van der Waals surface area (Å²) in [4.78, 5) is 14.0. The third-order valence-corrected chi connectivity index (χ3v) is 6.08. The van der Waals surface area contributed by atoms with Gasteiger partial charge in [-0.3, -0.25) is 4.79 Å². The van der Waals surface area contributed by atoms with Crippen molar-refractivity contribution >= 4 is 17.2 Å². The van der Waals surface area contributed by atoms with E-state index in [-0.39, 0.29) is 11.3 Å². The molecule has 21 heavy (non-hydrogen) atoms. The van der Waals surface area contributed by atoms with E-state index in [1.54, 1.807) is 11.3 Å². The first-order chi connectivity index (χ1) is 10.3. The number of carbonyl (C=O) groups is 1. The zero-order valence-corrected chi connectivity index (χ0v) is 13.5. The Morgan fingerprint density at radius 1 is 1.24 bits per heavy atom. The van der Waals surface area contributed by atoms with Crippen LogP contribution in [-0.2, 0) is 10.2 Å². The normalized spacial score (nSPS) is 21.0. The SMILES string of the molecule is O=C(NCCC1=CCCCC1)C1(c2cccs2)CCCC1. The molecule has 3 rings (SSSR count). The van der Waals surface area contributed by atoms with Crippen LogP contribution in [0.4, 0.5) is 0 Å². The van der Waals surface area contributed by atoms with E-state index >= 15 is 0 Å². The third kappa shape index (κ3) is 3.23. The number of amides is 1. The van der Waals surface area contributed by atoms with Crippen LogP contribution in [0.1, 0.15) is 62.7 Å². The van der Waals surface area contributed by atoms with E-state index in [9.17, 15) is 4.79 Å². The number of carbonyl (C=O) groups excluding carboxylic acids is 1. The lowest BCUT2D eigenvalue weighted by molar-refractivity contribution is -0.126. The standard InChI is InChI=1S/C18H25NOS/c20-17(19-13-10-15-7-2-1-3-8-15)18(11-4-5-12-18)16-9-6-14-21-16/h6-7,9,14H,1-5,8,10-13H2,(H,19,20). The Bertz CT molecular complexity index is 497. The molecule has 0 aliphatic heterocycles. The van der Waals surface area contributed by atoms with Gasteiger partial charge in [0, 0.05) is 11.4 Å². The van der Waals surface area contributed by atoms with Crippen molar-refractivity contribution in [2.24, 2.45) is 0 Å². The zero-order valence-electron chi connectivity index (χ0n) is 12.7. The summed E-state index contributed by atoms with van der Waals surface area (Å²) < 4.78 is 0. The number of allylic oxidation sites excluding steroid dienone is 1. The van der Waals surface area contributed by atoms with E-state index < -0.39 is 0 Å². The molecule has 1 amide bonds. The lowest BCUT2D eigenvalue weighted by atomic mass is 9.83. The van der Waals surface area contributed by atoms with Crippen molar-refractivity contribution in [1.29, 1.82) is 0 Å². The minimum absolute atomic E-state index is 0.227. The number of rotatable bonds is 5. The molecular formula is C18H25NOS. The number of thiophene rings is 1. The molecule has 2 aliphatic carbocycles. The maximum absolute atomic E-state index is 12.8. The first-order valence-electron chi connectivity index (χ1n) is 8.31. The van der Waals surface area contributed by atoms with Gasteiger partial charge in [0.05, 0.1) is 5.41 Å². The zero-order chi connectivity index (χ0) is 14.5. The fourth-order valence-corrected chi connectivity index (χ4v) is 4.74. The van der Waals surface area contributed by atoms with Crippen molar-refractivity contribution in [3.63, 3.8) is 0 Å². The molecule has 114 valence electrons. The summed E-state index contributed by atoms with van der Waals surface area (Å²) in [5.74, 6) is 0.263. The van der Waals surface area contributed by atoms with Crippen LogP contribution in [-0.4, -0.2) is 12.5 Å². The summed E-state index contributed by atoms with van der Waals surface area (Å²) in [6.07, 6.45) is 12.9. The quantitative estimate of drug-likeness (QED) is 0.793. The first-order valence-corrected chi connectivity index (χ1v) is 9.19. The van der Waals surface area contributed by atoms with Gasteiger partial charge < -0.3 is 5.32 Å². The molecule has 3 heteroatoms. The van der Waals surface area contributed by atoms with Crippen molar-refractivity contribution in [2.75, 3.05) is 6.54 Å². The van der Waals surface area contributed by atoms with Crippen molar-refractivity contribution in [3.05, 3.63) is 34.0 Å². The molecule has 0 radical (unpaired) electrons. The average molecular weight is 303 g/mol. The van der Waals surface area contributed by atoms with Gasteiger partial charge in [0.15, 0.2) is 0 Å². The largest absolute Gasteiger partial charge is 0.355 e. The molecule has 2 nitrogen and oxygen atoms in total. The summed E-state index contributed by atoms with van der Waals surface area (Å²) in [6, 6.07) is 4.21. The monoisotopic (exact) mass is 303 g/mol. The predicted octanol–water partition coefficient (Wildman–Crippen LogP) is 4.57. The summed E-state index contributed by atoms with van der Waals surface area (Å²) in [5.41, 5.74) is 1.31. The Morgan fingerprint density at radius 2 is 2.10 bits per heavy atom. The van der Waals surface area contributed by atoms with Gasteiger partial charge in [-0.25, -0.2) is 0 Å². The van der Waals surface area contributed by atoms with Crippen molar-refractivity contribution < 1.29 is 4.79 Å². The fraction of sp³-hybridized carbons (Fsp3) is 0.611. The number of hydrogen-bond donors (Lipinski definition) is 1. The van der Waals surface area contributed by atoms with Crippen molar-refractivity contribution in [3.8, 4) is 0 Å². The first kappa shape index (κ1) is 14.8. The second-order valence-corrected chi connectivity index (χ2v) is 7.33. The van der Waals surface area contributed by atoms with E-state index in [1.807, 2.05) is 0 Å². The maximum atomic E-state index is 12.8. The van der Waals surface area contributed by atoms with Crippen LogP contribution in [0, 0.1) is 0 Å². The molecule has 1 fully saturated rings. The topological polar surface area (TPSA) is 29.1 Å². The highest BCUT2D eigenvalue weighted by molar-refractivity contribution is 7.10. The lowest BCUT2D eigenvalue weighted by Crippen LogP contribution is -2.42. The average Bonchev–Trinajstić information content (AvgIpc) is 3.20. The van der Waals surface area contributed by atoms with E-state index in [0.717, 1.165) is 25.8 Å². The van der Waals surface area contributed by atoms with Gasteiger partial charge >= 0.3 is 0 Å². The maximum Gasteiger partial charge on any atom is 0.231 e. The summed E-state index contributed by atoms with van der Waals surface area (Å²) in [6.45, 7) is 0.803. The van der Waals surface area contributed by atoms with Gasteiger partial charge in [-0.15, -0.1) is 11.3 Å². The number of hydrogen-bond acceptors (Lipinski definition) is 2. The van der Waals surface area contributed by atoms with Crippen molar-refractivity contribution in [1.82, 2.24) is 5.32 Å². The molecule has 0 saturated heterocycles. The molecule has 0 aromatic carbocycles. The van der Waals surface area contributed by atoms with E-state index in [2.05, 4.69) is 28.9 Å². The molecule has 0 atom stereocenters. The number of nitrogens with one attached hydrogen (secondary N) is 1. The second kappa shape index (κ2) is 6.78. The molecule has 1 N–H and O–H groups in total. The van der Waals surface area contributed by atoms with Crippen LogP contribution in [0.2, 0.25) is 0 Å². The molecular weight excluding hydrogens is 278 g/mol. The molecule has 1 saturated carbocycles. The van der Waals surface area contributed by atoms with Gasteiger partial charge in [-0.05, 0) is 56.4 Å². The molecule has 2 aliphatic rings. The highest BCUT2D eigenvalue weighted by Gasteiger charge is 2.43. The Kier molecular flexibility index (Phi) is 4.79. The van der Waals surface area contributed by atoms with Crippen LogP contribution in [0.15, 0.2) is 29.2 Å². The molecule has 0 spiro atoms. The van der Waals surface area contributed by atoms with E-state index in [1.165, 1.54) is 49.0 Å². The molecule has 1 aromatic rings. The van der Waals surface area contributed by atoms with Gasteiger partial charge in [-0.1, -0.05) is 30.6 Å². The summed E-state index contributed by atoms with van der Waals surface area (Å²) in [5, 5.41) is 5.32. The van der Waals surface area contributed by atoms with Gasteiger partial charge in [0.25, 0.3) is 0 Å². The van der Waals surface area contributed by atoms with Crippen LogP contribution in [0.3, 0.4) is 0 Å². The Balaban J connectivity index is 1.59. The summed E-state index contributed by atoms with van der Waals surface area (Å²) in [7, 11) is 0. The molecule has 0 bridgehead atoms.